The Morgan fingerprint density at radius 1 is 1.04 bits per heavy atom. The summed E-state index contributed by atoms with van der Waals surface area (Å²) in [5, 5.41) is 3.37. The maximum atomic E-state index is 5.38. The normalized spacial score (nSPS) is 10.6. The number of para-hydroxylation sites is 1. The molecule has 0 aliphatic rings. The Morgan fingerprint density at radius 2 is 1.72 bits per heavy atom. The van der Waals surface area contributed by atoms with Crippen molar-refractivity contribution in [3.05, 3.63) is 59.7 Å². The van der Waals surface area contributed by atoms with Crippen LogP contribution in [0.2, 0.25) is 0 Å². The van der Waals surface area contributed by atoms with E-state index in [9.17, 15) is 0 Å². The van der Waals surface area contributed by atoms with Gasteiger partial charge in [0.15, 0.2) is 5.96 Å². The second-order valence-electron chi connectivity index (χ2n) is 5.42. The highest BCUT2D eigenvalue weighted by Crippen LogP contribution is 2.17. The van der Waals surface area contributed by atoms with E-state index in [0.29, 0.717) is 6.54 Å². The molecule has 0 amide bonds. The average molecular weight is 455 g/mol. The molecule has 0 spiro atoms. The monoisotopic (exact) mass is 455 g/mol. The molecule has 5 nitrogen and oxygen atoms in total. The molecule has 2 aromatic carbocycles. The van der Waals surface area contributed by atoms with Crippen molar-refractivity contribution in [3.8, 4) is 11.5 Å². The predicted octanol–water partition coefficient (Wildman–Crippen LogP) is 3.53. The third-order valence-electron chi connectivity index (χ3n) is 3.78. The zero-order chi connectivity index (χ0) is 17.4. The van der Waals surface area contributed by atoms with Crippen LogP contribution < -0.4 is 14.8 Å². The summed E-state index contributed by atoms with van der Waals surface area (Å²) in [4.78, 5) is 6.43. The standard InChI is InChI=1S/C19H25N3O2.HI/c1-20-19(21-13-16-7-5-6-8-18(16)24-4)22(2)14-15-9-11-17(23-3)12-10-15;/h5-12H,13-14H2,1-4H3,(H,20,21);1H. The van der Waals surface area contributed by atoms with Crippen molar-refractivity contribution >= 4 is 29.9 Å². The predicted molar refractivity (Wildman–Crippen MR) is 113 cm³/mol. The van der Waals surface area contributed by atoms with E-state index in [1.807, 2.05) is 43.4 Å². The van der Waals surface area contributed by atoms with E-state index < -0.39 is 0 Å². The number of aliphatic imine (C=N–C) groups is 1. The van der Waals surface area contributed by atoms with Crippen LogP contribution in [-0.2, 0) is 13.1 Å². The first kappa shape index (κ1) is 21.1. The Morgan fingerprint density at radius 3 is 2.32 bits per heavy atom. The summed E-state index contributed by atoms with van der Waals surface area (Å²) in [5.41, 5.74) is 2.29. The Balaban J connectivity index is 0.00000312. The van der Waals surface area contributed by atoms with Crippen molar-refractivity contribution in [1.29, 1.82) is 0 Å². The molecule has 0 saturated heterocycles. The number of hydrogen-bond acceptors (Lipinski definition) is 3. The largest absolute Gasteiger partial charge is 0.497 e. The molecule has 0 atom stereocenters. The second-order valence-corrected chi connectivity index (χ2v) is 5.42. The minimum absolute atomic E-state index is 0. The van der Waals surface area contributed by atoms with Crippen molar-refractivity contribution < 1.29 is 9.47 Å². The molecule has 1 N–H and O–H groups in total. The van der Waals surface area contributed by atoms with E-state index >= 15 is 0 Å². The van der Waals surface area contributed by atoms with E-state index in [4.69, 9.17) is 9.47 Å². The smallest absolute Gasteiger partial charge is 0.193 e. The van der Waals surface area contributed by atoms with Crippen molar-refractivity contribution in [2.24, 2.45) is 4.99 Å². The van der Waals surface area contributed by atoms with Gasteiger partial charge in [-0.05, 0) is 23.8 Å². The third kappa shape index (κ3) is 6.12. The van der Waals surface area contributed by atoms with Gasteiger partial charge in [0.1, 0.15) is 11.5 Å². The number of nitrogens with zero attached hydrogens (tertiary/aromatic N) is 2. The minimum atomic E-state index is 0. The lowest BCUT2D eigenvalue weighted by molar-refractivity contribution is 0.408. The van der Waals surface area contributed by atoms with Gasteiger partial charge >= 0.3 is 0 Å². The van der Waals surface area contributed by atoms with Crippen molar-refractivity contribution in [2.45, 2.75) is 13.1 Å². The molecular weight excluding hydrogens is 429 g/mol. The van der Waals surface area contributed by atoms with Crippen molar-refractivity contribution in [3.63, 3.8) is 0 Å². The zero-order valence-corrected chi connectivity index (χ0v) is 17.5. The minimum Gasteiger partial charge on any atom is -0.497 e. The number of guanidine groups is 1. The Kier molecular flexibility index (Phi) is 9.12. The molecule has 0 radical (unpaired) electrons. The van der Waals surface area contributed by atoms with E-state index in [1.165, 1.54) is 5.56 Å². The molecule has 0 heterocycles. The molecule has 25 heavy (non-hydrogen) atoms. The fourth-order valence-corrected chi connectivity index (χ4v) is 2.49. The van der Waals surface area contributed by atoms with E-state index in [-0.39, 0.29) is 24.0 Å². The molecule has 0 fully saturated rings. The molecule has 0 saturated carbocycles. The first-order chi connectivity index (χ1) is 11.7. The molecule has 0 unspecified atom stereocenters. The van der Waals surface area contributed by atoms with Gasteiger partial charge in [0, 0.05) is 32.7 Å². The molecule has 136 valence electrons. The topological polar surface area (TPSA) is 46.1 Å². The molecule has 0 bridgehead atoms. The van der Waals surface area contributed by atoms with E-state index in [0.717, 1.165) is 29.6 Å². The highest BCUT2D eigenvalue weighted by molar-refractivity contribution is 14.0. The molecule has 2 rings (SSSR count). The van der Waals surface area contributed by atoms with Crippen LogP contribution in [0, 0.1) is 0 Å². The van der Waals surface area contributed by atoms with Crippen LogP contribution in [-0.4, -0.2) is 39.2 Å². The molecule has 0 aliphatic heterocycles. The number of halogens is 1. The highest BCUT2D eigenvalue weighted by Gasteiger charge is 2.08. The van der Waals surface area contributed by atoms with Crippen LogP contribution in [0.15, 0.2) is 53.5 Å². The summed E-state index contributed by atoms with van der Waals surface area (Å²) >= 11 is 0. The van der Waals surface area contributed by atoms with Gasteiger partial charge in [-0.25, -0.2) is 0 Å². The summed E-state index contributed by atoms with van der Waals surface area (Å²) in [6, 6.07) is 16.0. The van der Waals surface area contributed by atoms with Gasteiger partial charge in [-0.2, -0.15) is 0 Å². The summed E-state index contributed by atoms with van der Waals surface area (Å²) in [5.74, 6) is 2.56. The van der Waals surface area contributed by atoms with Gasteiger partial charge in [0.2, 0.25) is 0 Å². The fourth-order valence-electron chi connectivity index (χ4n) is 2.49. The average Bonchev–Trinajstić information content (AvgIpc) is 2.63. The lowest BCUT2D eigenvalue weighted by Crippen LogP contribution is -2.38. The first-order valence-corrected chi connectivity index (χ1v) is 7.84. The molecular formula is C19H26IN3O2. The number of rotatable bonds is 6. The van der Waals surface area contributed by atoms with Gasteiger partial charge in [0.05, 0.1) is 14.2 Å². The summed E-state index contributed by atoms with van der Waals surface area (Å²) in [6.45, 7) is 1.42. The number of hydrogen-bond donors (Lipinski definition) is 1. The highest BCUT2D eigenvalue weighted by atomic mass is 127. The van der Waals surface area contributed by atoms with Gasteiger partial charge in [-0.3, -0.25) is 4.99 Å². The van der Waals surface area contributed by atoms with Crippen LogP contribution >= 0.6 is 24.0 Å². The third-order valence-corrected chi connectivity index (χ3v) is 3.78. The quantitative estimate of drug-likeness (QED) is 0.412. The van der Waals surface area contributed by atoms with Crippen molar-refractivity contribution in [2.75, 3.05) is 28.3 Å². The zero-order valence-electron chi connectivity index (χ0n) is 15.2. The number of nitrogens with one attached hydrogen (secondary N) is 1. The molecule has 0 aromatic heterocycles. The van der Waals surface area contributed by atoms with Gasteiger partial charge < -0.3 is 19.7 Å². The Hall–Kier alpha value is -1.96. The Bertz CT molecular complexity index is 675. The van der Waals surface area contributed by atoms with Gasteiger partial charge in [-0.1, -0.05) is 30.3 Å². The lowest BCUT2D eigenvalue weighted by Gasteiger charge is -2.22. The Labute approximate surface area is 167 Å². The second kappa shape index (κ2) is 10.8. The fraction of sp³-hybridized carbons (Fsp3) is 0.316. The van der Waals surface area contributed by atoms with Crippen LogP contribution in [0.5, 0.6) is 11.5 Å². The summed E-state index contributed by atoms with van der Waals surface area (Å²) < 4.78 is 10.6. The molecule has 2 aromatic rings. The summed E-state index contributed by atoms with van der Waals surface area (Å²) in [7, 11) is 7.16. The van der Waals surface area contributed by atoms with Gasteiger partial charge in [0.25, 0.3) is 0 Å². The maximum absolute atomic E-state index is 5.38. The van der Waals surface area contributed by atoms with Crippen LogP contribution in [0.4, 0.5) is 0 Å². The van der Waals surface area contributed by atoms with Crippen LogP contribution in [0.3, 0.4) is 0 Å². The molecule has 0 aliphatic carbocycles. The maximum Gasteiger partial charge on any atom is 0.193 e. The first-order valence-electron chi connectivity index (χ1n) is 7.84. The van der Waals surface area contributed by atoms with E-state index in [2.05, 4.69) is 27.3 Å². The van der Waals surface area contributed by atoms with Crippen LogP contribution in [0.25, 0.3) is 0 Å². The lowest BCUT2D eigenvalue weighted by atomic mass is 10.2. The number of ether oxygens (including phenoxy) is 2. The van der Waals surface area contributed by atoms with Gasteiger partial charge in [-0.15, -0.1) is 24.0 Å². The number of benzene rings is 2. The molecule has 6 heteroatoms. The van der Waals surface area contributed by atoms with E-state index in [1.54, 1.807) is 21.3 Å². The summed E-state index contributed by atoms with van der Waals surface area (Å²) in [6.07, 6.45) is 0. The number of methoxy groups -OCH3 is 2. The van der Waals surface area contributed by atoms with Crippen molar-refractivity contribution in [1.82, 2.24) is 10.2 Å². The van der Waals surface area contributed by atoms with Crippen LogP contribution in [0.1, 0.15) is 11.1 Å². The SMILES string of the molecule is CN=C(NCc1ccccc1OC)N(C)Cc1ccc(OC)cc1.I.